The van der Waals surface area contributed by atoms with Crippen LogP contribution in [0.15, 0.2) is 30.3 Å². The summed E-state index contributed by atoms with van der Waals surface area (Å²) in [5, 5.41) is 13.5. The number of hydrogen-bond donors (Lipinski definition) is 0. The van der Waals surface area contributed by atoms with E-state index in [0.29, 0.717) is 10.7 Å². The van der Waals surface area contributed by atoms with Crippen molar-refractivity contribution in [3.8, 4) is 11.8 Å². The monoisotopic (exact) mass is 217 g/mol. The molecule has 0 N–H and O–H groups in total. The first-order valence-electron chi connectivity index (χ1n) is 4.43. The van der Waals surface area contributed by atoms with Crippen molar-refractivity contribution < 1.29 is 0 Å². The molecule has 2 rings (SSSR count). The van der Waals surface area contributed by atoms with E-state index in [1.54, 1.807) is 22.9 Å². The number of halogens is 1. The van der Waals surface area contributed by atoms with E-state index in [1.165, 1.54) is 0 Å². The van der Waals surface area contributed by atoms with Crippen molar-refractivity contribution in [1.82, 2.24) is 9.78 Å². The van der Waals surface area contributed by atoms with E-state index in [0.717, 1.165) is 11.4 Å². The Labute approximate surface area is 92.5 Å². The fraction of sp³-hybridized carbons (Fsp3) is 0.0909. The van der Waals surface area contributed by atoms with Gasteiger partial charge < -0.3 is 0 Å². The zero-order valence-electron chi connectivity index (χ0n) is 8.11. The minimum Gasteiger partial charge on any atom is -0.222 e. The van der Waals surface area contributed by atoms with Gasteiger partial charge in [-0.15, -0.1) is 0 Å². The van der Waals surface area contributed by atoms with Gasteiger partial charge in [0.25, 0.3) is 0 Å². The maximum absolute atomic E-state index is 8.66. The second kappa shape index (κ2) is 3.76. The topological polar surface area (TPSA) is 41.6 Å². The fourth-order valence-corrected chi connectivity index (χ4v) is 1.62. The first kappa shape index (κ1) is 9.75. The van der Waals surface area contributed by atoms with Gasteiger partial charge in [-0.1, -0.05) is 11.6 Å². The first-order chi connectivity index (χ1) is 7.20. The largest absolute Gasteiger partial charge is 0.222 e. The smallest absolute Gasteiger partial charge is 0.133 e. The molecule has 0 aliphatic rings. The van der Waals surface area contributed by atoms with Gasteiger partial charge in [0, 0.05) is 0 Å². The van der Waals surface area contributed by atoms with Gasteiger partial charge in [-0.3, -0.25) is 0 Å². The van der Waals surface area contributed by atoms with Gasteiger partial charge in [0.15, 0.2) is 0 Å². The van der Waals surface area contributed by atoms with Crippen molar-refractivity contribution in [2.24, 2.45) is 0 Å². The third kappa shape index (κ3) is 1.85. The summed E-state index contributed by atoms with van der Waals surface area (Å²) in [6.07, 6.45) is 0. The minimum atomic E-state index is 0.567. The molecule has 0 aliphatic heterocycles. The SMILES string of the molecule is Cc1cc(Cl)n(-c2ccc(C#N)cc2)n1. The zero-order chi connectivity index (χ0) is 10.8. The molecule has 0 bridgehead atoms. The van der Waals surface area contributed by atoms with Gasteiger partial charge in [0.1, 0.15) is 5.15 Å². The van der Waals surface area contributed by atoms with Crippen molar-refractivity contribution in [2.75, 3.05) is 0 Å². The van der Waals surface area contributed by atoms with Crippen LogP contribution in [0.2, 0.25) is 5.15 Å². The van der Waals surface area contributed by atoms with Crippen LogP contribution in [0.3, 0.4) is 0 Å². The Morgan fingerprint density at radius 1 is 1.33 bits per heavy atom. The lowest BCUT2D eigenvalue weighted by atomic mass is 10.2. The summed E-state index contributed by atoms with van der Waals surface area (Å²) in [4.78, 5) is 0. The Kier molecular flexibility index (Phi) is 2.44. The Balaban J connectivity index is 2.46. The average Bonchev–Trinajstić information content (AvgIpc) is 2.58. The molecule has 0 saturated carbocycles. The van der Waals surface area contributed by atoms with E-state index < -0.39 is 0 Å². The molecule has 0 radical (unpaired) electrons. The summed E-state index contributed by atoms with van der Waals surface area (Å²) in [5.74, 6) is 0. The Morgan fingerprint density at radius 2 is 2.00 bits per heavy atom. The highest BCUT2D eigenvalue weighted by Crippen LogP contribution is 2.17. The van der Waals surface area contributed by atoms with Crippen molar-refractivity contribution in [1.29, 1.82) is 5.26 Å². The molecule has 74 valence electrons. The molecule has 0 amide bonds. The summed E-state index contributed by atoms with van der Waals surface area (Å²) >= 11 is 5.99. The van der Waals surface area contributed by atoms with Crippen LogP contribution in [0.4, 0.5) is 0 Å². The van der Waals surface area contributed by atoms with Crippen LogP contribution in [0, 0.1) is 18.3 Å². The summed E-state index contributed by atoms with van der Waals surface area (Å²) < 4.78 is 1.64. The van der Waals surface area contributed by atoms with Gasteiger partial charge in [-0.05, 0) is 37.3 Å². The van der Waals surface area contributed by atoms with Gasteiger partial charge in [0.2, 0.25) is 0 Å². The number of aromatic nitrogens is 2. The van der Waals surface area contributed by atoms with Crippen molar-refractivity contribution in [2.45, 2.75) is 6.92 Å². The number of rotatable bonds is 1. The van der Waals surface area contributed by atoms with Crippen LogP contribution in [0.1, 0.15) is 11.3 Å². The summed E-state index contributed by atoms with van der Waals surface area (Å²) in [6, 6.07) is 11.0. The quantitative estimate of drug-likeness (QED) is 0.737. The molecule has 4 heteroatoms. The molecular weight excluding hydrogens is 210 g/mol. The summed E-state index contributed by atoms with van der Waals surface area (Å²) in [6.45, 7) is 1.88. The van der Waals surface area contributed by atoms with E-state index in [9.17, 15) is 0 Å². The van der Waals surface area contributed by atoms with E-state index in [-0.39, 0.29) is 0 Å². The van der Waals surface area contributed by atoms with Crippen LogP contribution in [0.25, 0.3) is 5.69 Å². The molecule has 15 heavy (non-hydrogen) atoms. The molecule has 0 spiro atoms. The Bertz CT molecular complexity index is 520. The van der Waals surface area contributed by atoms with Gasteiger partial charge in [-0.2, -0.15) is 10.4 Å². The third-order valence-corrected chi connectivity index (χ3v) is 2.30. The Hall–Kier alpha value is -1.79. The van der Waals surface area contributed by atoms with Crippen LogP contribution >= 0.6 is 11.6 Å². The van der Waals surface area contributed by atoms with Crippen molar-refractivity contribution in [3.63, 3.8) is 0 Å². The lowest BCUT2D eigenvalue weighted by Crippen LogP contribution is -1.96. The molecule has 1 aromatic carbocycles. The predicted molar refractivity (Wildman–Crippen MR) is 58.0 cm³/mol. The van der Waals surface area contributed by atoms with Gasteiger partial charge in [0.05, 0.1) is 23.0 Å². The predicted octanol–water partition coefficient (Wildman–Crippen LogP) is 2.71. The molecular formula is C11H8ClN3. The van der Waals surface area contributed by atoms with Crippen molar-refractivity contribution in [3.05, 3.63) is 46.7 Å². The first-order valence-corrected chi connectivity index (χ1v) is 4.81. The number of benzene rings is 1. The number of aryl methyl sites for hydroxylation is 1. The highest BCUT2D eigenvalue weighted by Gasteiger charge is 2.04. The van der Waals surface area contributed by atoms with Crippen LogP contribution < -0.4 is 0 Å². The lowest BCUT2D eigenvalue weighted by Gasteiger charge is -2.02. The normalized spacial score (nSPS) is 9.93. The third-order valence-electron chi connectivity index (χ3n) is 2.03. The maximum atomic E-state index is 8.66. The van der Waals surface area contributed by atoms with Gasteiger partial charge in [-0.25, -0.2) is 4.68 Å². The maximum Gasteiger partial charge on any atom is 0.133 e. The van der Waals surface area contributed by atoms with Gasteiger partial charge >= 0.3 is 0 Å². The second-order valence-corrected chi connectivity index (χ2v) is 3.57. The Morgan fingerprint density at radius 3 is 2.47 bits per heavy atom. The van der Waals surface area contributed by atoms with E-state index in [1.807, 2.05) is 19.1 Å². The number of hydrogen-bond acceptors (Lipinski definition) is 2. The standard InChI is InChI=1S/C11H8ClN3/c1-8-6-11(12)15(14-8)10-4-2-9(7-13)3-5-10/h2-6H,1H3. The molecule has 0 saturated heterocycles. The molecule has 2 aromatic rings. The van der Waals surface area contributed by atoms with E-state index in [4.69, 9.17) is 16.9 Å². The highest BCUT2D eigenvalue weighted by molar-refractivity contribution is 6.29. The van der Waals surface area contributed by atoms with Crippen LogP contribution in [-0.4, -0.2) is 9.78 Å². The number of nitrogens with zero attached hydrogens (tertiary/aromatic N) is 3. The minimum absolute atomic E-state index is 0.567. The molecule has 1 aromatic heterocycles. The summed E-state index contributed by atoms with van der Waals surface area (Å²) in [7, 11) is 0. The molecule has 3 nitrogen and oxygen atoms in total. The molecule has 0 unspecified atom stereocenters. The second-order valence-electron chi connectivity index (χ2n) is 3.18. The zero-order valence-corrected chi connectivity index (χ0v) is 8.86. The van der Waals surface area contributed by atoms with E-state index >= 15 is 0 Å². The van der Waals surface area contributed by atoms with Crippen molar-refractivity contribution >= 4 is 11.6 Å². The highest BCUT2D eigenvalue weighted by atomic mass is 35.5. The summed E-state index contributed by atoms with van der Waals surface area (Å²) in [5.41, 5.74) is 2.34. The molecule has 1 heterocycles. The lowest BCUT2D eigenvalue weighted by molar-refractivity contribution is 0.863. The number of nitriles is 1. The van der Waals surface area contributed by atoms with Crippen LogP contribution in [-0.2, 0) is 0 Å². The molecule has 0 fully saturated rings. The van der Waals surface area contributed by atoms with Crippen LogP contribution in [0.5, 0.6) is 0 Å². The average molecular weight is 218 g/mol. The fourth-order valence-electron chi connectivity index (χ4n) is 1.33. The van der Waals surface area contributed by atoms with E-state index in [2.05, 4.69) is 11.2 Å². The molecule has 0 aliphatic carbocycles. The molecule has 0 atom stereocenters.